The van der Waals surface area contributed by atoms with Gasteiger partial charge in [-0.15, -0.1) is 0 Å². The van der Waals surface area contributed by atoms with Gasteiger partial charge in [0.05, 0.1) is 6.61 Å². The predicted molar refractivity (Wildman–Crippen MR) is 81.9 cm³/mol. The third kappa shape index (κ3) is 4.07. The molecular formula is C17H21NO3. The Hall–Kier alpha value is -1.83. The molecule has 1 aromatic carbocycles. The zero-order chi connectivity index (χ0) is 15.2. The molecule has 1 aromatic rings. The third-order valence-corrected chi connectivity index (χ3v) is 3.60. The van der Waals surface area contributed by atoms with Crippen molar-refractivity contribution in [2.45, 2.75) is 32.8 Å². The molecule has 2 atom stereocenters. The summed E-state index contributed by atoms with van der Waals surface area (Å²) in [4.78, 5) is 12.1. The predicted octanol–water partition coefficient (Wildman–Crippen LogP) is 2.09. The standard InChI is InChI=1S/C17H21NO3/c1-12-8-10-21-16(12)17(20)18-15-7-6-14(13(2)11-15)5-3-4-9-19/h6-7,11-12,16,19H,4,8-10H2,1-2H3,(H,18,20). The van der Waals surface area contributed by atoms with Crippen LogP contribution in [0.2, 0.25) is 0 Å². The van der Waals surface area contributed by atoms with Crippen molar-refractivity contribution in [2.75, 3.05) is 18.5 Å². The Morgan fingerprint density at radius 3 is 2.95 bits per heavy atom. The van der Waals surface area contributed by atoms with E-state index in [4.69, 9.17) is 9.84 Å². The number of carbonyl (C=O) groups is 1. The van der Waals surface area contributed by atoms with E-state index in [0.717, 1.165) is 23.2 Å². The lowest BCUT2D eigenvalue weighted by molar-refractivity contribution is -0.126. The molecule has 1 amide bonds. The fourth-order valence-electron chi connectivity index (χ4n) is 2.34. The van der Waals surface area contributed by atoms with Crippen LogP contribution in [-0.4, -0.2) is 30.3 Å². The van der Waals surface area contributed by atoms with Crippen molar-refractivity contribution in [3.05, 3.63) is 29.3 Å². The van der Waals surface area contributed by atoms with Gasteiger partial charge in [-0.05, 0) is 43.0 Å². The molecule has 1 heterocycles. The first-order chi connectivity index (χ1) is 10.1. The topological polar surface area (TPSA) is 58.6 Å². The summed E-state index contributed by atoms with van der Waals surface area (Å²) in [6.45, 7) is 4.70. The van der Waals surface area contributed by atoms with Crippen LogP contribution in [0.3, 0.4) is 0 Å². The molecule has 0 saturated carbocycles. The summed E-state index contributed by atoms with van der Waals surface area (Å²) in [5.41, 5.74) is 2.67. The third-order valence-electron chi connectivity index (χ3n) is 3.60. The maximum absolute atomic E-state index is 12.1. The lowest BCUT2D eigenvalue weighted by Crippen LogP contribution is -2.31. The van der Waals surface area contributed by atoms with E-state index < -0.39 is 0 Å². The van der Waals surface area contributed by atoms with Crippen molar-refractivity contribution in [2.24, 2.45) is 5.92 Å². The monoisotopic (exact) mass is 287 g/mol. The van der Waals surface area contributed by atoms with Crippen LogP contribution in [0.5, 0.6) is 0 Å². The van der Waals surface area contributed by atoms with Gasteiger partial charge in [0.1, 0.15) is 6.10 Å². The van der Waals surface area contributed by atoms with Gasteiger partial charge in [-0.3, -0.25) is 4.79 Å². The van der Waals surface area contributed by atoms with E-state index in [1.165, 1.54) is 0 Å². The molecule has 0 aromatic heterocycles. The van der Waals surface area contributed by atoms with Crippen molar-refractivity contribution in [3.8, 4) is 11.8 Å². The van der Waals surface area contributed by atoms with E-state index in [2.05, 4.69) is 17.2 Å². The number of nitrogens with one attached hydrogen (secondary N) is 1. The molecule has 1 aliphatic rings. The van der Waals surface area contributed by atoms with Gasteiger partial charge >= 0.3 is 0 Å². The highest BCUT2D eigenvalue weighted by Gasteiger charge is 2.30. The first kappa shape index (κ1) is 15.6. The highest BCUT2D eigenvalue weighted by Crippen LogP contribution is 2.22. The van der Waals surface area contributed by atoms with E-state index in [1.54, 1.807) is 0 Å². The summed E-state index contributed by atoms with van der Waals surface area (Å²) >= 11 is 0. The van der Waals surface area contributed by atoms with Crippen LogP contribution < -0.4 is 5.32 Å². The van der Waals surface area contributed by atoms with E-state index >= 15 is 0 Å². The number of carbonyl (C=O) groups excluding carboxylic acids is 1. The molecule has 112 valence electrons. The molecule has 4 heteroatoms. The number of hydrogen-bond acceptors (Lipinski definition) is 3. The maximum Gasteiger partial charge on any atom is 0.253 e. The van der Waals surface area contributed by atoms with Crippen LogP contribution in [-0.2, 0) is 9.53 Å². The van der Waals surface area contributed by atoms with E-state index in [-0.39, 0.29) is 24.5 Å². The second kappa shape index (κ2) is 7.26. The number of anilines is 1. The smallest absolute Gasteiger partial charge is 0.253 e. The van der Waals surface area contributed by atoms with Crippen molar-refractivity contribution >= 4 is 11.6 Å². The molecule has 0 spiro atoms. The normalized spacial score (nSPS) is 20.7. The maximum atomic E-state index is 12.1. The summed E-state index contributed by atoms with van der Waals surface area (Å²) < 4.78 is 5.46. The number of aliphatic hydroxyl groups excluding tert-OH is 1. The Bertz CT molecular complexity index is 571. The van der Waals surface area contributed by atoms with Gasteiger partial charge in [0, 0.05) is 24.3 Å². The van der Waals surface area contributed by atoms with Gasteiger partial charge in [0.2, 0.25) is 0 Å². The van der Waals surface area contributed by atoms with Crippen LogP contribution in [0.1, 0.15) is 30.9 Å². The number of hydrogen-bond donors (Lipinski definition) is 2. The summed E-state index contributed by atoms with van der Waals surface area (Å²) in [7, 11) is 0. The van der Waals surface area contributed by atoms with E-state index in [1.807, 2.05) is 32.0 Å². The molecule has 0 bridgehead atoms. The molecule has 2 N–H and O–H groups in total. The highest BCUT2D eigenvalue weighted by atomic mass is 16.5. The van der Waals surface area contributed by atoms with Crippen LogP contribution in [0.15, 0.2) is 18.2 Å². The van der Waals surface area contributed by atoms with Gasteiger partial charge in [0.25, 0.3) is 5.91 Å². The minimum Gasteiger partial charge on any atom is -0.395 e. The highest BCUT2D eigenvalue weighted by molar-refractivity contribution is 5.94. The first-order valence-corrected chi connectivity index (χ1v) is 7.24. The van der Waals surface area contributed by atoms with Gasteiger partial charge < -0.3 is 15.2 Å². The quantitative estimate of drug-likeness (QED) is 0.837. The summed E-state index contributed by atoms with van der Waals surface area (Å²) in [5.74, 6) is 6.08. The Labute approximate surface area is 125 Å². The van der Waals surface area contributed by atoms with Crippen molar-refractivity contribution < 1.29 is 14.6 Å². The molecule has 0 radical (unpaired) electrons. The first-order valence-electron chi connectivity index (χ1n) is 7.24. The number of aliphatic hydroxyl groups is 1. The Morgan fingerprint density at radius 1 is 1.52 bits per heavy atom. The van der Waals surface area contributed by atoms with Gasteiger partial charge in [-0.2, -0.15) is 0 Å². The molecule has 0 aliphatic carbocycles. The van der Waals surface area contributed by atoms with Gasteiger partial charge in [0.15, 0.2) is 0 Å². The number of benzene rings is 1. The average molecular weight is 287 g/mol. The zero-order valence-electron chi connectivity index (χ0n) is 12.5. The molecule has 1 saturated heterocycles. The minimum atomic E-state index is -0.352. The number of rotatable bonds is 3. The summed E-state index contributed by atoms with van der Waals surface area (Å²) in [5, 5.41) is 11.6. The second-order valence-electron chi connectivity index (χ2n) is 5.35. The van der Waals surface area contributed by atoms with E-state index in [0.29, 0.717) is 13.0 Å². The lowest BCUT2D eigenvalue weighted by Gasteiger charge is -2.15. The molecule has 1 aliphatic heterocycles. The Morgan fingerprint density at radius 2 is 2.33 bits per heavy atom. The van der Waals surface area contributed by atoms with E-state index in [9.17, 15) is 4.79 Å². The molecule has 2 unspecified atom stereocenters. The van der Waals surface area contributed by atoms with Crippen LogP contribution in [0.25, 0.3) is 0 Å². The van der Waals surface area contributed by atoms with Crippen LogP contribution in [0, 0.1) is 24.7 Å². The van der Waals surface area contributed by atoms with Gasteiger partial charge in [-0.25, -0.2) is 0 Å². The molecule has 21 heavy (non-hydrogen) atoms. The molecule has 2 rings (SSSR count). The lowest BCUT2D eigenvalue weighted by atomic mass is 10.0. The van der Waals surface area contributed by atoms with Crippen LogP contribution >= 0.6 is 0 Å². The fraction of sp³-hybridized carbons (Fsp3) is 0.471. The fourth-order valence-corrected chi connectivity index (χ4v) is 2.34. The SMILES string of the molecule is Cc1cc(NC(=O)C2OCCC2C)ccc1C#CCCO. The van der Waals surface area contributed by atoms with Gasteiger partial charge in [-0.1, -0.05) is 18.8 Å². The average Bonchev–Trinajstić information content (AvgIpc) is 2.88. The Balaban J connectivity index is 2.03. The number of amides is 1. The zero-order valence-corrected chi connectivity index (χ0v) is 12.5. The minimum absolute atomic E-state index is 0.0692. The van der Waals surface area contributed by atoms with Crippen molar-refractivity contribution in [1.82, 2.24) is 0 Å². The Kier molecular flexibility index (Phi) is 5.38. The number of aryl methyl sites for hydroxylation is 1. The molecule has 4 nitrogen and oxygen atoms in total. The van der Waals surface area contributed by atoms with Crippen molar-refractivity contribution in [1.29, 1.82) is 0 Å². The van der Waals surface area contributed by atoms with Crippen molar-refractivity contribution in [3.63, 3.8) is 0 Å². The van der Waals surface area contributed by atoms with Crippen LogP contribution in [0.4, 0.5) is 5.69 Å². The largest absolute Gasteiger partial charge is 0.395 e. The number of ether oxygens (including phenoxy) is 1. The summed E-state index contributed by atoms with van der Waals surface area (Å²) in [6.07, 6.45) is 1.04. The summed E-state index contributed by atoms with van der Waals surface area (Å²) in [6, 6.07) is 5.63. The second-order valence-corrected chi connectivity index (χ2v) is 5.35. The molecular weight excluding hydrogens is 266 g/mol. The molecule has 1 fully saturated rings.